The molecule has 43 heavy (non-hydrogen) atoms. The van der Waals surface area contributed by atoms with Crippen molar-refractivity contribution < 1.29 is 57.5 Å². The second-order valence-electron chi connectivity index (χ2n) is 10.7. The van der Waals surface area contributed by atoms with E-state index in [1.54, 1.807) is 0 Å². The van der Waals surface area contributed by atoms with Crippen LogP contribution in [0.2, 0.25) is 0 Å². The third kappa shape index (κ3) is 11.3. The highest BCUT2D eigenvalue weighted by Gasteiger charge is 2.20. The summed E-state index contributed by atoms with van der Waals surface area (Å²) in [5.41, 5.74) is 8.03. The van der Waals surface area contributed by atoms with Gasteiger partial charge in [0.25, 0.3) is 0 Å². The Bertz CT molecular complexity index is 1310. The number of aryl methyl sites for hydroxylation is 4. The van der Waals surface area contributed by atoms with Gasteiger partial charge in [-0.05, 0) is 61.1 Å². The molecule has 0 radical (unpaired) electrons. The maximum Gasteiger partial charge on any atom is 0.238 e. The van der Waals surface area contributed by atoms with E-state index < -0.39 is 0 Å². The molecule has 2 amide bonds. The molecule has 0 fully saturated rings. The van der Waals surface area contributed by atoms with E-state index in [9.17, 15) is 9.59 Å². The van der Waals surface area contributed by atoms with Crippen LogP contribution in [0, 0.1) is 27.7 Å². The van der Waals surface area contributed by atoms with E-state index in [1.165, 1.54) is 0 Å². The summed E-state index contributed by atoms with van der Waals surface area (Å²) in [5.74, 6) is -0.170. The highest BCUT2D eigenvalue weighted by molar-refractivity contribution is 5.94. The minimum absolute atomic E-state index is 0. The first-order valence-corrected chi connectivity index (χ1v) is 14.0. The number of carbonyl (C=O) groups is 2. The van der Waals surface area contributed by atoms with Gasteiger partial charge in [0.2, 0.25) is 59.8 Å². The maximum absolute atomic E-state index is 13.3. The summed E-state index contributed by atoms with van der Waals surface area (Å²) in [6.45, 7) is 9.96. The lowest BCUT2D eigenvalue weighted by atomic mass is 10.1. The monoisotopic (exact) mass is 806 g/mol. The van der Waals surface area contributed by atoms with E-state index >= 15 is 0 Å². The fourth-order valence-corrected chi connectivity index (χ4v) is 5.07. The van der Waals surface area contributed by atoms with Crippen molar-refractivity contribution in [3.63, 3.8) is 0 Å². The molecular weight excluding hydrogens is 762 g/mol. The second-order valence-corrected chi connectivity index (χ2v) is 10.7. The summed E-state index contributed by atoms with van der Waals surface area (Å²) in [6, 6.07) is 32.2. The molecule has 228 valence electrons. The number of halogens is 2. The minimum Gasteiger partial charge on any atom is -0.324 e. The first-order valence-electron chi connectivity index (χ1n) is 14.0. The number of para-hydroxylation sites is 2. The number of amides is 2. The van der Waals surface area contributed by atoms with E-state index in [-0.39, 0.29) is 72.9 Å². The molecule has 0 aliphatic rings. The van der Waals surface area contributed by atoms with Crippen LogP contribution in [0.25, 0.3) is 0 Å². The largest absolute Gasteiger partial charge is 0.324 e. The molecule has 0 aliphatic carbocycles. The van der Waals surface area contributed by atoms with Crippen LogP contribution in [0.4, 0.5) is 11.4 Å². The van der Waals surface area contributed by atoms with Crippen molar-refractivity contribution in [2.24, 2.45) is 0 Å². The van der Waals surface area contributed by atoms with Gasteiger partial charge in [0.1, 0.15) is 0 Å². The van der Waals surface area contributed by atoms with Gasteiger partial charge in [0, 0.05) is 24.5 Å². The smallest absolute Gasteiger partial charge is 0.238 e. The van der Waals surface area contributed by atoms with Crippen molar-refractivity contribution in [2.75, 3.05) is 30.4 Å². The fourth-order valence-electron chi connectivity index (χ4n) is 5.07. The SMILES string of the molecule is Cc1cccc(C)c1NC(=O)CN(Cc1ccccc1)CN(CC(=O)Nc1c(C)cccc1C)Cc1ccccc1.[IH2+].[IH2+]. The molecule has 0 heterocycles. The summed E-state index contributed by atoms with van der Waals surface area (Å²) in [5, 5.41) is 6.25. The lowest BCUT2D eigenvalue weighted by molar-refractivity contribution is -0.119. The number of hydrogen-bond acceptors (Lipinski definition) is 4. The summed E-state index contributed by atoms with van der Waals surface area (Å²) >= 11 is 0. The van der Waals surface area contributed by atoms with Gasteiger partial charge < -0.3 is 10.6 Å². The first kappa shape index (κ1) is 36.4. The maximum atomic E-state index is 13.3. The Labute approximate surface area is 290 Å². The molecule has 0 saturated heterocycles. The van der Waals surface area contributed by atoms with Crippen molar-refractivity contribution in [2.45, 2.75) is 40.8 Å². The zero-order chi connectivity index (χ0) is 29.2. The van der Waals surface area contributed by atoms with Crippen LogP contribution in [0.5, 0.6) is 0 Å². The molecule has 6 nitrogen and oxygen atoms in total. The van der Waals surface area contributed by atoms with Gasteiger partial charge in [-0.15, -0.1) is 0 Å². The van der Waals surface area contributed by atoms with Crippen LogP contribution in [0.3, 0.4) is 0 Å². The lowest BCUT2D eigenvalue weighted by Crippen LogP contribution is -3.00. The van der Waals surface area contributed by atoms with E-state index in [2.05, 4.69) is 44.7 Å². The Morgan fingerprint density at radius 3 is 1.16 bits per heavy atom. The van der Waals surface area contributed by atoms with E-state index in [1.807, 2.05) is 100 Å². The minimum atomic E-state index is -0.0852. The number of nitrogens with one attached hydrogen (secondary N) is 2. The Hall–Kier alpha value is -2.80. The first-order chi connectivity index (χ1) is 19.8. The van der Waals surface area contributed by atoms with Crippen molar-refractivity contribution in [3.8, 4) is 0 Å². The van der Waals surface area contributed by atoms with Crippen molar-refractivity contribution >= 4 is 23.2 Å². The van der Waals surface area contributed by atoms with Crippen LogP contribution < -0.4 is 58.6 Å². The number of anilines is 2. The molecule has 4 rings (SSSR count). The van der Waals surface area contributed by atoms with Gasteiger partial charge in [-0.2, -0.15) is 0 Å². The summed E-state index contributed by atoms with van der Waals surface area (Å²) in [7, 11) is 0. The number of benzene rings is 4. The van der Waals surface area contributed by atoms with Crippen LogP contribution >= 0.6 is 0 Å². The molecule has 0 spiro atoms. The van der Waals surface area contributed by atoms with Crippen LogP contribution in [0.1, 0.15) is 33.4 Å². The molecule has 4 aromatic rings. The third-order valence-electron chi connectivity index (χ3n) is 7.12. The normalized spacial score (nSPS) is 10.6. The molecule has 0 aromatic heterocycles. The van der Waals surface area contributed by atoms with Crippen LogP contribution in [-0.2, 0) is 22.7 Å². The number of hydrogen-bond donors (Lipinski definition) is 2. The Morgan fingerprint density at radius 1 is 0.512 bits per heavy atom. The van der Waals surface area contributed by atoms with Gasteiger partial charge >= 0.3 is 0 Å². The van der Waals surface area contributed by atoms with Crippen LogP contribution in [0.15, 0.2) is 97.1 Å². The van der Waals surface area contributed by atoms with Gasteiger partial charge in [-0.1, -0.05) is 97.1 Å². The van der Waals surface area contributed by atoms with Gasteiger partial charge in [0.05, 0.1) is 19.8 Å². The molecule has 0 bridgehead atoms. The number of nitrogens with zero attached hydrogens (tertiary/aromatic N) is 2. The zero-order valence-corrected chi connectivity index (χ0v) is 30.5. The number of rotatable bonds is 12. The summed E-state index contributed by atoms with van der Waals surface area (Å²) in [4.78, 5) is 30.9. The molecule has 0 aliphatic heterocycles. The highest BCUT2D eigenvalue weighted by Crippen LogP contribution is 2.21. The Kier molecular flexibility index (Phi) is 15.3. The standard InChI is InChI=1S/C35H40N4O2.2H2I/c1-26-13-11-14-27(2)34(26)36-32(40)23-38(21-30-17-7-5-8-18-30)25-39(22-31-19-9-6-10-20-31)24-33(41)37-35-28(3)15-12-16-29(35)4;;/h5-20H,21-25H2,1-4H3,(H,36,40)(H,37,41);2*1H2/q;2*+1. The molecule has 0 unspecified atom stereocenters. The highest BCUT2D eigenvalue weighted by atomic mass is 127. The molecule has 0 atom stereocenters. The third-order valence-corrected chi connectivity index (χ3v) is 7.12. The molecule has 2 N–H and O–H groups in total. The zero-order valence-electron chi connectivity index (χ0n) is 25.4. The van der Waals surface area contributed by atoms with E-state index in [4.69, 9.17) is 0 Å². The van der Waals surface area contributed by atoms with E-state index in [0.717, 1.165) is 44.8 Å². The average molecular weight is 807 g/mol. The molecule has 0 saturated carbocycles. The van der Waals surface area contributed by atoms with Crippen molar-refractivity contribution in [1.82, 2.24) is 9.80 Å². The quantitative estimate of drug-likeness (QED) is 0.149. The number of carbonyl (C=O) groups excluding carboxylic acids is 2. The fraction of sp³-hybridized carbons (Fsp3) is 0.257. The predicted molar refractivity (Wildman–Crippen MR) is 173 cm³/mol. The lowest BCUT2D eigenvalue weighted by Gasteiger charge is -2.30. The van der Waals surface area contributed by atoms with Crippen molar-refractivity contribution in [3.05, 3.63) is 130 Å². The van der Waals surface area contributed by atoms with Crippen LogP contribution in [-0.4, -0.2) is 41.4 Å². The van der Waals surface area contributed by atoms with Gasteiger partial charge in [-0.25, -0.2) is 0 Å². The average Bonchev–Trinajstić information content (AvgIpc) is 2.94. The summed E-state index contributed by atoms with van der Waals surface area (Å²) < 4.78 is 0. The van der Waals surface area contributed by atoms with Gasteiger partial charge in [-0.3, -0.25) is 19.4 Å². The predicted octanol–water partition coefficient (Wildman–Crippen LogP) is -0.603. The van der Waals surface area contributed by atoms with Crippen molar-refractivity contribution in [1.29, 1.82) is 0 Å². The Balaban J connectivity index is 0.00000323. The molecule has 8 heteroatoms. The molecule has 4 aromatic carbocycles. The second kappa shape index (κ2) is 18.1. The van der Waals surface area contributed by atoms with Gasteiger partial charge in [0.15, 0.2) is 0 Å². The van der Waals surface area contributed by atoms with E-state index in [0.29, 0.717) is 19.8 Å². The Morgan fingerprint density at radius 2 is 0.837 bits per heavy atom. The topological polar surface area (TPSA) is 64.7 Å². The molecular formula is C35H44I2N4O2+2. The summed E-state index contributed by atoms with van der Waals surface area (Å²) in [6.07, 6.45) is 0.